The van der Waals surface area contributed by atoms with Crippen molar-refractivity contribution in [2.75, 3.05) is 0 Å². The Bertz CT molecular complexity index is 327. The van der Waals surface area contributed by atoms with Gasteiger partial charge in [0.1, 0.15) is 0 Å². The van der Waals surface area contributed by atoms with Crippen LogP contribution in [0.4, 0.5) is 0 Å². The molecule has 0 aliphatic heterocycles. The van der Waals surface area contributed by atoms with E-state index in [1.807, 2.05) is 12.1 Å². The molecule has 1 aliphatic rings. The van der Waals surface area contributed by atoms with Crippen LogP contribution in [0.25, 0.3) is 0 Å². The molecule has 0 unspecified atom stereocenters. The topological polar surface area (TPSA) is 30.0 Å². The van der Waals surface area contributed by atoms with E-state index in [0.29, 0.717) is 6.42 Å². The first kappa shape index (κ1) is 9.38. The van der Waals surface area contributed by atoms with E-state index in [2.05, 4.69) is 11.9 Å². The summed E-state index contributed by atoms with van der Waals surface area (Å²) in [7, 11) is 0. The lowest BCUT2D eigenvalue weighted by atomic mass is 9.67. The number of hydrogen-bond acceptors (Lipinski definition) is 2. The van der Waals surface area contributed by atoms with Crippen molar-refractivity contribution < 1.29 is 4.79 Å². The van der Waals surface area contributed by atoms with Crippen molar-refractivity contribution in [3.05, 3.63) is 30.1 Å². The molecule has 1 fully saturated rings. The lowest BCUT2D eigenvalue weighted by molar-refractivity contribution is 0.0816. The molecule has 0 radical (unpaired) electrons. The third-order valence-electron chi connectivity index (χ3n) is 3.13. The number of Topliss-reactive ketones (excluding diaryl/α,β-unsaturated/α-hetero) is 1. The Morgan fingerprint density at radius 2 is 2.36 bits per heavy atom. The van der Waals surface area contributed by atoms with Gasteiger partial charge < -0.3 is 0 Å². The van der Waals surface area contributed by atoms with Crippen LogP contribution in [0.15, 0.2) is 24.5 Å². The van der Waals surface area contributed by atoms with Gasteiger partial charge in [-0.25, -0.2) is 0 Å². The first-order chi connectivity index (χ1) is 6.70. The SMILES string of the molecule is CC1(CC(=O)c2cccnc2)CCC1. The van der Waals surface area contributed by atoms with Crippen LogP contribution >= 0.6 is 0 Å². The smallest absolute Gasteiger partial charge is 0.164 e. The van der Waals surface area contributed by atoms with Crippen LogP contribution in [0.1, 0.15) is 43.0 Å². The monoisotopic (exact) mass is 189 g/mol. The minimum absolute atomic E-state index is 0.236. The van der Waals surface area contributed by atoms with Gasteiger partial charge >= 0.3 is 0 Å². The van der Waals surface area contributed by atoms with Crippen LogP contribution in [-0.2, 0) is 0 Å². The molecule has 1 saturated carbocycles. The Hall–Kier alpha value is -1.18. The predicted octanol–water partition coefficient (Wildman–Crippen LogP) is 2.84. The van der Waals surface area contributed by atoms with Gasteiger partial charge in [0.2, 0.25) is 0 Å². The summed E-state index contributed by atoms with van der Waals surface area (Å²) in [6.07, 6.45) is 7.69. The molecule has 0 bridgehead atoms. The van der Waals surface area contributed by atoms with Crippen LogP contribution in [0.5, 0.6) is 0 Å². The molecule has 1 aromatic rings. The number of aromatic nitrogens is 1. The number of pyridine rings is 1. The summed E-state index contributed by atoms with van der Waals surface area (Å²) in [5, 5.41) is 0. The summed E-state index contributed by atoms with van der Waals surface area (Å²) in [5.74, 6) is 0.236. The molecular formula is C12H15NO. The van der Waals surface area contributed by atoms with E-state index in [4.69, 9.17) is 0 Å². The number of carbonyl (C=O) groups is 1. The van der Waals surface area contributed by atoms with E-state index >= 15 is 0 Å². The van der Waals surface area contributed by atoms with Crippen molar-refractivity contribution in [2.24, 2.45) is 5.41 Å². The van der Waals surface area contributed by atoms with E-state index in [9.17, 15) is 4.79 Å². The van der Waals surface area contributed by atoms with Crippen molar-refractivity contribution in [3.63, 3.8) is 0 Å². The normalized spacial score (nSPS) is 18.6. The van der Waals surface area contributed by atoms with Crippen LogP contribution in [0, 0.1) is 5.41 Å². The minimum atomic E-state index is 0.236. The van der Waals surface area contributed by atoms with Crippen molar-refractivity contribution in [2.45, 2.75) is 32.6 Å². The average Bonchev–Trinajstić information content (AvgIpc) is 2.17. The van der Waals surface area contributed by atoms with Crippen molar-refractivity contribution >= 4 is 5.78 Å². The molecule has 2 nitrogen and oxygen atoms in total. The molecule has 0 N–H and O–H groups in total. The second kappa shape index (κ2) is 3.52. The maximum atomic E-state index is 11.8. The van der Waals surface area contributed by atoms with Gasteiger partial charge in [0.25, 0.3) is 0 Å². The summed E-state index contributed by atoms with van der Waals surface area (Å²) in [4.78, 5) is 15.8. The molecule has 74 valence electrons. The summed E-state index contributed by atoms with van der Waals surface area (Å²) in [6, 6.07) is 3.66. The molecule has 0 amide bonds. The molecule has 1 aromatic heterocycles. The van der Waals surface area contributed by atoms with E-state index in [-0.39, 0.29) is 11.2 Å². The lowest BCUT2D eigenvalue weighted by Crippen LogP contribution is -2.28. The maximum Gasteiger partial charge on any atom is 0.164 e. The second-order valence-electron chi connectivity index (χ2n) is 4.51. The first-order valence-electron chi connectivity index (χ1n) is 5.13. The maximum absolute atomic E-state index is 11.8. The van der Waals surface area contributed by atoms with Gasteiger partial charge in [0, 0.05) is 24.4 Å². The zero-order valence-electron chi connectivity index (χ0n) is 8.49. The molecule has 0 atom stereocenters. The van der Waals surface area contributed by atoms with E-state index in [1.165, 1.54) is 19.3 Å². The fourth-order valence-electron chi connectivity index (χ4n) is 1.97. The van der Waals surface area contributed by atoms with E-state index < -0.39 is 0 Å². The molecule has 2 heteroatoms. The Morgan fingerprint density at radius 3 is 2.86 bits per heavy atom. The molecular weight excluding hydrogens is 174 g/mol. The molecule has 0 saturated heterocycles. The van der Waals surface area contributed by atoms with Gasteiger partial charge in [0.05, 0.1) is 0 Å². The summed E-state index contributed by atoms with van der Waals surface area (Å²) in [6.45, 7) is 2.20. The predicted molar refractivity (Wildman–Crippen MR) is 55.1 cm³/mol. The summed E-state index contributed by atoms with van der Waals surface area (Å²) in [5.41, 5.74) is 1.02. The minimum Gasteiger partial charge on any atom is -0.294 e. The Labute approximate surface area is 84.4 Å². The molecule has 1 heterocycles. The number of rotatable bonds is 3. The molecule has 14 heavy (non-hydrogen) atoms. The zero-order valence-corrected chi connectivity index (χ0v) is 8.49. The molecule has 0 aromatic carbocycles. The van der Waals surface area contributed by atoms with Gasteiger partial charge in [-0.1, -0.05) is 13.3 Å². The van der Waals surface area contributed by atoms with Gasteiger partial charge in [-0.2, -0.15) is 0 Å². The third kappa shape index (κ3) is 1.84. The highest BCUT2D eigenvalue weighted by Crippen LogP contribution is 2.43. The van der Waals surface area contributed by atoms with E-state index in [1.54, 1.807) is 12.4 Å². The fraction of sp³-hybridized carbons (Fsp3) is 0.500. The van der Waals surface area contributed by atoms with Gasteiger partial charge in [-0.3, -0.25) is 9.78 Å². The van der Waals surface area contributed by atoms with Crippen molar-refractivity contribution in [1.82, 2.24) is 4.98 Å². The first-order valence-corrected chi connectivity index (χ1v) is 5.13. The standard InChI is InChI=1S/C12H15NO/c1-12(5-3-6-12)8-11(14)10-4-2-7-13-9-10/h2,4,7,9H,3,5-6,8H2,1H3. The quantitative estimate of drug-likeness (QED) is 0.684. The van der Waals surface area contributed by atoms with Crippen LogP contribution < -0.4 is 0 Å². The highest BCUT2D eigenvalue weighted by Gasteiger charge is 2.33. The number of nitrogens with zero attached hydrogens (tertiary/aromatic N) is 1. The highest BCUT2D eigenvalue weighted by molar-refractivity contribution is 5.96. The van der Waals surface area contributed by atoms with Gasteiger partial charge in [0.15, 0.2) is 5.78 Å². The van der Waals surface area contributed by atoms with Gasteiger partial charge in [-0.05, 0) is 30.4 Å². The summed E-state index contributed by atoms with van der Waals surface area (Å²) < 4.78 is 0. The Morgan fingerprint density at radius 1 is 1.57 bits per heavy atom. The highest BCUT2D eigenvalue weighted by atomic mass is 16.1. The fourth-order valence-corrected chi connectivity index (χ4v) is 1.97. The lowest BCUT2D eigenvalue weighted by Gasteiger charge is -2.37. The second-order valence-corrected chi connectivity index (χ2v) is 4.51. The Balaban J connectivity index is 2.03. The summed E-state index contributed by atoms with van der Waals surface area (Å²) >= 11 is 0. The molecule has 1 aliphatic carbocycles. The Kier molecular flexibility index (Phi) is 2.36. The number of hydrogen-bond donors (Lipinski definition) is 0. The third-order valence-corrected chi connectivity index (χ3v) is 3.13. The molecule has 2 rings (SSSR count). The van der Waals surface area contributed by atoms with Crippen LogP contribution in [0.3, 0.4) is 0 Å². The van der Waals surface area contributed by atoms with E-state index in [0.717, 1.165) is 5.56 Å². The van der Waals surface area contributed by atoms with Crippen molar-refractivity contribution in [1.29, 1.82) is 0 Å². The van der Waals surface area contributed by atoms with Crippen LogP contribution in [-0.4, -0.2) is 10.8 Å². The number of carbonyl (C=O) groups excluding carboxylic acids is 1. The van der Waals surface area contributed by atoms with Crippen LogP contribution in [0.2, 0.25) is 0 Å². The average molecular weight is 189 g/mol. The van der Waals surface area contributed by atoms with Gasteiger partial charge in [-0.15, -0.1) is 0 Å². The molecule has 0 spiro atoms. The number of ketones is 1. The largest absolute Gasteiger partial charge is 0.294 e. The van der Waals surface area contributed by atoms with Crippen molar-refractivity contribution in [3.8, 4) is 0 Å². The zero-order chi connectivity index (χ0) is 10.0.